The fourth-order valence-corrected chi connectivity index (χ4v) is 2.72. The van der Waals surface area contributed by atoms with Crippen molar-refractivity contribution < 1.29 is 23.1 Å². The van der Waals surface area contributed by atoms with Crippen molar-refractivity contribution >= 4 is 22.0 Å². The topological polar surface area (TPSA) is 125 Å². The molecule has 0 bridgehead atoms. The van der Waals surface area contributed by atoms with Crippen LogP contribution in [0.3, 0.4) is 0 Å². The number of carboxylic acids is 1. The van der Waals surface area contributed by atoms with Gasteiger partial charge in [-0.3, -0.25) is 4.79 Å². The van der Waals surface area contributed by atoms with Gasteiger partial charge in [-0.2, -0.15) is 0 Å². The van der Waals surface area contributed by atoms with Crippen LogP contribution in [0.2, 0.25) is 0 Å². The number of rotatable bonds is 9. The van der Waals surface area contributed by atoms with Gasteiger partial charge in [-0.25, -0.2) is 17.9 Å². The number of hydrogen-bond donors (Lipinski definition) is 4. The molecule has 0 radical (unpaired) electrons. The molecule has 2 amide bonds. The summed E-state index contributed by atoms with van der Waals surface area (Å²) in [6.45, 7) is 5.65. The summed E-state index contributed by atoms with van der Waals surface area (Å²) in [7, 11) is -3.35. The summed E-state index contributed by atoms with van der Waals surface area (Å²) in [5.41, 5.74) is -0.792. The second-order valence-electron chi connectivity index (χ2n) is 5.86. The third-order valence-corrected chi connectivity index (χ3v) is 3.54. The van der Waals surface area contributed by atoms with E-state index in [-0.39, 0.29) is 18.9 Å². The molecule has 0 aromatic rings. The first-order valence-electron chi connectivity index (χ1n) is 6.64. The number of amides is 2. The molecule has 0 fully saturated rings. The van der Waals surface area contributed by atoms with E-state index in [1.165, 1.54) is 0 Å². The van der Waals surface area contributed by atoms with Gasteiger partial charge in [-0.05, 0) is 26.2 Å². The summed E-state index contributed by atoms with van der Waals surface area (Å²) < 4.78 is 24.7. The lowest BCUT2D eigenvalue weighted by Crippen LogP contribution is -2.52. The van der Waals surface area contributed by atoms with Gasteiger partial charge in [0.05, 0.1) is 6.26 Å². The normalized spacial score (nSPS) is 13.5. The summed E-state index contributed by atoms with van der Waals surface area (Å²) >= 11 is 0. The number of carbonyl (C=O) groups excluding carboxylic acids is 1. The van der Waals surface area contributed by atoms with E-state index in [0.717, 1.165) is 6.26 Å². The van der Waals surface area contributed by atoms with E-state index < -0.39 is 27.6 Å². The van der Waals surface area contributed by atoms with Gasteiger partial charge in [0.25, 0.3) is 0 Å². The molecule has 4 N–H and O–H groups in total. The largest absolute Gasteiger partial charge is 0.481 e. The molecule has 0 aliphatic carbocycles. The molecule has 1 unspecified atom stereocenters. The fraction of sp³-hybridized carbons (Fsp3) is 0.833. The number of urea groups is 1. The van der Waals surface area contributed by atoms with E-state index >= 15 is 0 Å². The second kappa shape index (κ2) is 8.18. The number of nitrogens with one attached hydrogen (secondary N) is 3. The molecule has 0 saturated heterocycles. The monoisotopic (exact) mass is 323 g/mol. The Kier molecular flexibility index (Phi) is 7.65. The zero-order valence-electron chi connectivity index (χ0n) is 12.9. The van der Waals surface area contributed by atoms with Crippen molar-refractivity contribution in [3.8, 4) is 0 Å². The standard InChI is InChI=1S/C12H25N3O5S/c1-9(5-6-10(16)17)7-13-11(18)14-8-12(2,3)15-21(4,19)20/h9,15H,5-8H2,1-4H3,(H,16,17)(H2,13,14,18). The zero-order chi connectivity index (χ0) is 16.7. The van der Waals surface area contributed by atoms with Crippen LogP contribution in [0.1, 0.15) is 33.6 Å². The molecule has 0 aliphatic rings. The highest BCUT2D eigenvalue weighted by Gasteiger charge is 2.22. The van der Waals surface area contributed by atoms with E-state index in [1.54, 1.807) is 13.8 Å². The van der Waals surface area contributed by atoms with Crippen LogP contribution in [0.4, 0.5) is 4.79 Å². The number of sulfonamides is 1. The smallest absolute Gasteiger partial charge is 0.314 e. The molecule has 8 nitrogen and oxygen atoms in total. The third-order valence-electron chi connectivity index (χ3n) is 2.61. The third kappa shape index (κ3) is 12.1. The van der Waals surface area contributed by atoms with E-state index in [1.807, 2.05) is 6.92 Å². The van der Waals surface area contributed by atoms with E-state index in [0.29, 0.717) is 13.0 Å². The van der Waals surface area contributed by atoms with E-state index in [2.05, 4.69) is 15.4 Å². The van der Waals surface area contributed by atoms with Crippen molar-refractivity contribution in [3.63, 3.8) is 0 Å². The summed E-state index contributed by atoms with van der Waals surface area (Å²) in [6.07, 6.45) is 1.60. The van der Waals surface area contributed by atoms with Crippen molar-refractivity contribution in [2.75, 3.05) is 19.3 Å². The Morgan fingerprint density at radius 1 is 1.24 bits per heavy atom. The second-order valence-corrected chi connectivity index (χ2v) is 7.61. The van der Waals surface area contributed by atoms with E-state index in [4.69, 9.17) is 5.11 Å². The Morgan fingerprint density at radius 2 is 1.81 bits per heavy atom. The van der Waals surface area contributed by atoms with E-state index in [9.17, 15) is 18.0 Å². The SMILES string of the molecule is CC(CCC(=O)O)CNC(=O)NCC(C)(C)NS(C)(=O)=O. The molecule has 124 valence electrons. The summed E-state index contributed by atoms with van der Waals surface area (Å²) in [6, 6.07) is -0.416. The van der Waals surface area contributed by atoms with Gasteiger partial charge in [-0.15, -0.1) is 0 Å². The Bertz CT molecular complexity index is 462. The maximum atomic E-state index is 11.6. The van der Waals surface area contributed by atoms with Crippen molar-refractivity contribution in [2.24, 2.45) is 5.92 Å². The van der Waals surface area contributed by atoms with Gasteiger partial charge >= 0.3 is 12.0 Å². The fourth-order valence-electron chi connectivity index (χ4n) is 1.64. The average molecular weight is 323 g/mol. The quantitative estimate of drug-likeness (QED) is 0.479. The molecular weight excluding hydrogens is 298 g/mol. The summed E-state index contributed by atoms with van der Waals surface area (Å²) in [4.78, 5) is 22.0. The molecule has 9 heteroatoms. The first-order chi connectivity index (χ1) is 9.41. The molecule has 21 heavy (non-hydrogen) atoms. The predicted molar refractivity (Wildman–Crippen MR) is 79.5 cm³/mol. The van der Waals surface area contributed by atoms with Crippen molar-refractivity contribution in [1.29, 1.82) is 0 Å². The Labute approximate surface area is 125 Å². The molecule has 0 heterocycles. The van der Waals surface area contributed by atoms with Crippen LogP contribution in [0.5, 0.6) is 0 Å². The van der Waals surface area contributed by atoms with Gasteiger partial charge in [0.2, 0.25) is 10.0 Å². The Hall–Kier alpha value is -1.35. The molecular formula is C12H25N3O5S. The highest BCUT2D eigenvalue weighted by atomic mass is 32.2. The lowest BCUT2D eigenvalue weighted by Gasteiger charge is -2.25. The summed E-state index contributed by atoms with van der Waals surface area (Å²) in [5.74, 6) is -0.811. The average Bonchev–Trinajstić information content (AvgIpc) is 2.28. The highest BCUT2D eigenvalue weighted by molar-refractivity contribution is 7.88. The molecule has 0 spiro atoms. The predicted octanol–water partition coefficient (Wildman–Crippen LogP) is 0.114. The number of aliphatic carboxylic acids is 1. The van der Waals surface area contributed by atoms with Crippen LogP contribution in [-0.2, 0) is 14.8 Å². The maximum Gasteiger partial charge on any atom is 0.314 e. The summed E-state index contributed by atoms with van der Waals surface area (Å²) in [5, 5.41) is 13.7. The molecule has 1 atom stereocenters. The number of hydrogen-bond acceptors (Lipinski definition) is 4. The van der Waals surface area contributed by atoms with Crippen LogP contribution < -0.4 is 15.4 Å². The maximum absolute atomic E-state index is 11.6. The minimum atomic E-state index is -3.35. The lowest BCUT2D eigenvalue weighted by molar-refractivity contribution is -0.137. The van der Waals surface area contributed by atoms with Crippen molar-refractivity contribution in [3.05, 3.63) is 0 Å². The molecule has 0 rings (SSSR count). The Balaban J connectivity index is 4.02. The minimum absolute atomic E-state index is 0.0500. The highest BCUT2D eigenvalue weighted by Crippen LogP contribution is 2.04. The zero-order valence-corrected chi connectivity index (χ0v) is 13.7. The lowest BCUT2D eigenvalue weighted by atomic mass is 10.1. The van der Waals surface area contributed by atoms with Crippen molar-refractivity contribution in [2.45, 2.75) is 39.2 Å². The van der Waals surface area contributed by atoms with Gasteiger partial charge in [0.15, 0.2) is 0 Å². The first kappa shape index (κ1) is 19.7. The van der Waals surface area contributed by atoms with Gasteiger partial charge in [-0.1, -0.05) is 6.92 Å². The number of carboxylic acid groups (broad SMARTS) is 1. The number of carbonyl (C=O) groups is 2. The van der Waals surface area contributed by atoms with Crippen LogP contribution in [0.25, 0.3) is 0 Å². The van der Waals surface area contributed by atoms with Crippen LogP contribution in [0, 0.1) is 5.92 Å². The van der Waals surface area contributed by atoms with Crippen LogP contribution in [0.15, 0.2) is 0 Å². The molecule has 0 aliphatic heterocycles. The van der Waals surface area contributed by atoms with Gasteiger partial charge in [0, 0.05) is 25.0 Å². The van der Waals surface area contributed by atoms with Gasteiger partial charge < -0.3 is 15.7 Å². The van der Waals surface area contributed by atoms with Crippen LogP contribution >= 0.6 is 0 Å². The minimum Gasteiger partial charge on any atom is -0.481 e. The Morgan fingerprint density at radius 3 is 2.29 bits per heavy atom. The molecule has 0 aromatic carbocycles. The van der Waals surface area contributed by atoms with Crippen LogP contribution in [-0.4, -0.2) is 50.4 Å². The molecule has 0 aromatic heterocycles. The van der Waals surface area contributed by atoms with Gasteiger partial charge in [0.1, 0.15) is 0 Å². The van der Waals surface area contributed by atoms with Crippen molar-refractivity contribution in [1.82, 2.24) is 15.4 Å². The molecule has 0 saturated carbocycles. The first-order valence-corrected chi connectivity index (χ1v) is 8.53.